The Morgan fingerprint density at radius 3 is 2.15 bits per heavy atom. The third-order valence-electron chi connectivity index (χ3n) is 4.21. The van der Waals surface area contributed by atoms with Gasteiger partial charge in [-0.1, -0.05) is 60.2 Å². The van der Waals surface area contributed by atoms with Crippen LogP contribution in [0.3, 0.4) is 0 Å². The maximum Gasteiger partial charge on any atom is 0.240 e. The average Bonchev–Trinajstić information content (AvgIpc) is 2.68. The number of hydrogen-bond acceptors (Lipinski definition) is 3. The minimum absolute atomic E-state index is 0.290. The van der Waals surface area contributed by atoms with Crippen LogP contribution in [0.15, 0.2) is 83.8 Å². The van der Waals surface area contributed by atoms with E-state index >= 15 is 0 Å². The zero-order valence-corrected chi connectivity index (χ0v) is 16.1. The Bertz CT molecular complexity index is 951. The van der Waals surface area contributed by atoms with E-state index < -0.39 is 10.0 Å². The Labute approximate surface area is 160 Å². The fourth-order valence-corrected chi connectivity index (χ4v) is 3.66. The summed E-state index contributed by atoms with van der Waals surface area (Å²) in [4.78, 5) is 0.290. The van der Waals surface area contributed by atoms with E-state index in [0.29, 0.717) is 19.6 Å². The smallest absolute Gasteiger partial charge is 0.240 e. The number of rotatable bonds is 8. The quantitative estimate of drug-likeness (QED) is 0.639. The molecule has 0 unspecified atom stereocenters. The van der Waals surface area contributed by atoms with Crippen LogP contribution in [-0.2, 0) is 23.1 Å². The Morgan fingerprint density at radius 2 is 1.48 bits per heavy atom. The summed E-state index contributed by atoms with van der Waals surface area (Å²) in [6.45, 7) is 2.80. The Hall–Kier alpha value is -2.63. The summed E-state index contributed by atoms with van der Waals surface area (Å²) in [6.07, 6.45) is 0.615. The van der Waals surface area contributed by atoms with Crippen molar-refractivity contribution < 1.29 is 13.2 Å². The topological polar surface area (TPSA) is 55.4 Å². The minimum Gasteiger partial charge on any atom is -0.489 e. The van der Waals surface area contributed by atoms with Crippen molar-refractivity contribution in [2.24, 2.45) is 0 Å². The molecule has 3 aromatic rings. The van der Waals surface area contributed by atoms with Gasteiger partial charge in [-0.25, -0.2) is 13.1 Å². The van der Waals surface area contributed by atoms with Crippen LogP contribution in [0.5, 0.6) is 5.75 Å². The van der Waals surface area contributed by atoms with Crippen LogP contribution in [0.1, 0.15) is 16.7 Å². The number of hydrogen-bond donors (Lipinski definition) is 1. The highest BCUT2D eigenvalue weighted by Gasteiger charge is 2.12. The molecule has 1 N–H and O–H groups in total. The van der Waals surface area contributed by atoms with Crippen LogP contribution < -0.4 is 9.46 Å². The summed E-state index contributed by atoms with van der Waals surface area (Å²) in [5, 5.41) is 0. The molecule has 0 aliphatic carbocycles. The average molecular weight is 381 g/mol. The van der Waals surface area contributed by atoms with E-state index in [1.165, 1.54) is 0 Å². The van der Waals surface area contributed by atoms with Crippen LogP contribution in [0.4, 0.5) is 0 Å². The van der Waals surface area contributed by atoms with E-state index in [-0.39, 0.29) is 4.90 Å². The lowest BCUT2D eigenvalue weighted by Gasteiger charge is -2.09. The van der Waals surface area contributed by atoms with E-state index in [1.807, 2.05) is 61.5 Å². The molecular formula is C22H23NO3S. The molecule has 0 amide bonds. The Morgan fingerprint density at radius 1 is 0.815 bits per heavy atom. The zero-order valence-electron chi connectivity index (χ0n) is 15.3. The third-order valence-corrected chi connectivity index (χ3v) is 5.69. The molecule has 4 nitrogen and oxygen atoms in total. The largest absolute Gasteiger partial charge is 0.489 e. The first-order valence-electron chi connectivity index (χ1n) is 8.85. The van der Waals surface area contributed by atoms with Gasteiger partial charge in [0, 0.05) is 6.54 Å². The molecule has 0 spiro atoms. The molecule has 0 aliphatic heterocycles. The molecule has 5 heteroatoms. The second kappa shape index (κ2) is 8.84. The summed E-state index contributed by atoms with van der Waals surface area (Å²) in [5.41, 5.74) is 3.20. The first-order valence-corrected chi connectivity index (χ1v) is 10.3. The van der Waals surface area contributed by atoms with Gasteiger partial charge in [0.1, 0.15) is 12.4 Å². The van der Waals surface area contributed by atoms with Crippen molar-refractivity contribution in [3.8, 4) is 5.75 Å². The van der Waals surface area contributed by atoms with Gasteiger partial charge < -0.3 is 4.74 Å². The van der Waals surface area contributed by atoms with Crippen molar-refractivity contribution >= 4 is 10.0 Å². The van der Waals surface area contributed by atoms with Gasteiger partial charge in [0.2, 0.25) is 10.0 Å². The van der Waals surface area contributed by atoms with Crippen LogP contribution in [0.25, 0.3) is 0 Å². The van der Waals surface area contributed by atoms with Crippen molar-refractivity contribution in [3.63, 3.8) is 0 Å². The van der Waals surface area contributed by atoms with E-state index in [4.69, 9.17) is 4.74 Å². The molecule has 0 saturated carbocycles. The molecule has 0 aliphatic rings. The maximum atomic E-state index is 12.3. The summed E-state index contributed by atoms with van der Waals surface area (Å²) in [7, 11) is -3.47. The van der Waals surface area contributed by atoms with Crippen LogP contribution in [-0.4, -0.2) is 15.0 Å². The number of ether oxygens (including phenoxy) is 1. The summed E-state index contributed by atoms with van der Waals surface area (Å²) in [5.74, 6) is 0.794. The fourth-order valence-electron chi connectivity index (χ4n) is 2.62. The monoisotopic (exact) mass is 381 g/mol. The predicted octanol–water partition coefficient (Wildman–Crippen LogP) is 4.10. The molecule has 0 saturated heterocycles. The molecule has 3 aromatic carbocycles. The van der Waals surface area contributed by atoms with E-state index in [9.17, 15) is 8.42 Å². The lowest BCUT2D eigenvalue weighted by atomic mass is 10.1. The molecule has 0 aromatic heterocycles. The van der Waals surface area contributed by atoms with Crippen molar-refractivity contribution in [2.45, 2.75) is 24.8 Å². The molecule has 0 radical (unpaired) electrons. The summed E-state index contributed by atoms with van der Waals surface area (Å²) < 4.78 is 33.0. The lowest BCUT2D eigenvalue weighted by molar-refractivity contribution is 0.306. The number of sulfonamides is 1. The van der Waals surface area contributed by atoms with Crippen molar-refractivity contribution in [1.29, 1.82) is 0 Å². The van der Waals surface area contributed by atoms with E-state index in [0.717, 1.165) is 22.4 Å². The standard InChI is InChI=1S/C22H23NO3S/c1-18-7-13-22(14-8-18)27(24,25)23-16-15-19-9-11-21(12-10-19)26-17-20-5-3-2-4-6-20/h2-14,23H,15-17H2,1H3. The van der Waals surface area contributed by atoms with E-state index in [1.54, 1.807) is 24.3 Å². The van der Waals surface area contributed by atoms with Gasteiger partial charge in [-0.2, -0.15) is 0 Å². The third kappa shape index (κ3) is 5.67. The van der Waals surface area contributed by atoms with Gasteiger partial charge in [0.05, 0.1) is 4.90 Å². The van der Waals surface area contributed by atoms with Gasteiger partial charge in [-0.05, 0) is 48.7 Å². The van der Waals surface area contributed by atoms with Crippen molar-refractivity contribution in [3.05, 3.63) is 95.6 Å². The van der Waals surface area contributed by atoms with Crippen molar-refractivity contribution in [1.82, 2.24) is 4.72 Å². The molecule has 0 bridgehead atoms. The number of nitrogens with one attached hydrogen (secondary N) is 1. The first kappa shape index (κ1) is 19.1. The predicted molar refractivity (Wildman–Crippen MR) is 107 cm³/mol. The van der Waals surface area contributed by atoms with Crippen LogP contribution in [0.2, 0.25) is 0 Å². The number of benzene rings is 3. The Kier molecular flexibility index (Phi) is 6.27. The maximum absolute atomic E-state index is 12.3. The highest BCUT2D eigenvalue weighted by molar-refractivity contribution is 7.89. The Balaban J connectivity index is 1.49. The molecular weight excluding hydrogens is 358 g/mol. The summed E-state index contributed by atoms with van der Waals surface area (Å²) in [6, 6.07) is 24.6. The summed E-state index contributed by atoms with van der Waals surface area (Å²) >= 11 is 0. The van der Waals surface area contributed by atoms with Gasteiger partial charge in [-0.15, -0.1) is 0 Å². The molecule has 0 fully saturated rings. The highest BCUT2D eigenvalue weighted by Crippen LogP contribution is 2.15. The first-order chi connectivity index (χ1) is 13.0. The molecule has 140 valence electrons. The number of aryl methyl sites for hydroxylation is 1. The second-order valence-electron chi connectivity index (χ2n) is 6.38. The van der Waals surface area contributed by atoms with E-state index in [2.05, 4.69) is 4.72 Å². The molecule has 27 heavy (non-hydrogen) atoms. The van der Waals surface area contributed by atoms with Gasteiger partial charge in [-0.3, -0.25) is 0 Å². The van der Waals surface area contributed by atoms with Gasteiger partial charge >= 0.3 is 0 Å². The fraction of sp³-hybridized carbons (Fsp3) is 0.182. The minimum atomic E-state index is -3.47. The highest BCUT2D eigenvalue weighted by atomic mass is 32.2. The van der Waals surface area contributed by atoms with Crippen LogP contribution >= 0.6 is 0 Å². The lowest BCUT2D eigenvalue weighted by Crippen LogP contribution is -2.25. The van der Waals surface area contributed by atoms with Crippen molar-refractivity contribution in [2.75, 3.05) is 6.54 Å². The molecule has 0 atom stereocenters. The molecule has 3 rings (SSSR count). The SMILES string of the molecule is Cc1ccc(S(=O)(=O)NCCc2ccc(OCc3ccccc3)cc2)cc1. The zero-order chi connectivity index (χ0) is 19.1. The normalized spacial score (nSPS) is 11.3. The van der Waals surface area contributed by atoms with Gasteiger partial charge in [0.15, 0.2) is 0 Å². The molecule has 0 heterocycles. The second-order valence-corrected chi connectivity index (χ2v) is 8.15. The van der Waals surface area contributed by atoms with Gasteiger partial charge in [0.25, 0.3) is 0 Å². The van der Waals surface area contributed by atoms with Crippen LogP contribution in [0, 0.1) is 6.92 Å².